The summed E-state index contributed by atoms with van der Waals surface area (Å²) < 4.78 is 5.32. The summed E-state index contributed by atoms with van der Waals surface area (Å²) in [4.78, 5) is 11.4. The van der Waals surface area contributed by atoms with Crippen LogP contribution in [0.2, 0.25) is 0 Å². The summed E-state index contributed by atoms with van der Waals surface area (Å²) in [5.41, 5.74) is -0.104. The van der Waals surface area contributed by atoms with E-state index < -0.39 is 0 Å². The van der Waals surface area contributed by atoms with Crippen molar-refractivity contribution < 1.29 is 9.53 Å². The molecule has 0 radical (unpaired) electrons. The van der Waals surface area contributed by atoms with Crippen LogP contribution in [0.5, 0.6) is 0 Å². The Bertz CT molecular complexity index is 321. The Balaban J connectivity index is 0.000000853. The van der Waals surface area contributed by atoms with Gasteiger partial charge in [0, 0.05) is 0 Å². The van der Waals surface area contributed by atoms with E-state index in [1.807, 2.05) is 0 Å². The van der Waals surface area contributed by atoms with Crippen LogP contribution in [0, 0.1) is 11.3 Å². The molecule has 2 aliphatic carbocycles. The lowest BCUT2D eigenvalue weighted by Crippen LogP contribution is -2.58. The molecule has 3 fully saturated rings. The van der Waals surface area contributed by atoms with Gasteiger partial charge in [-0.3, -0.25) is 0 Å². The van der Waals surface area contributed by atoms with Crippen LogP contribution in [-0.4, -0.2) is 22.7 Å². The topological polar surface area (TPSA) is 55.6 Å². The van der Waals surface area contributed by atoms with Crippen LogP contribution in [0.25, 0.3) is 0 Å². The fourth-order valence-corrected chi connectivity index (χ4v) is 3.95. The first kappa shape index (κ1) is 11.0. The highest BCUT2D eigenvalue weighted by atomic mass is 35.5. The van der Waals surface area contributed by atoms with Crippen LogP contribution >= 0.6 is 12.4 Å². The predicted octanol–water partition coefficient (Wildman–Crippen LogP) is 1.68. The maximum absolute atomic E-state index is 11.4. The van der Waals surface area contributed by atoms with E-state index in [9.17, 15) is 4.79 Å². The van der Waals surface area contributed by atoms with E-state index in [2.05, 4.69) is 13.8 Å². The number of hydrogen-bond acceptors (Lipinski definition) is 3. The molecular formula is C10H17ClN2O2. The van der Waals surface area contributed by atoms with Crippen LogP contribution in [-0.2, 0) is 4.74 Å². The third-order valence-electron chi connectivity index (χ3n) is 4.91. The zero-order valence-corrected chi connectivity index (χ0v) is 9.84. The molecule has 2 N–H and O–H groups in total. The summed E-state index contributed by atoms with van der Waals surface area (Å²) >= 11 is 0. The molecule has 5 heteroatoms. The summed E-state index contributed by atoms with van der Waals surface area (Å²) in [7, 11) is 0. The van der Waals surface area contributed by atoms with E-state index in [1.54, 1.807) is 0 Å². The molecule has 0 aromatic carbocycles. The summed E-state index contributed by atoms with van der Waals surface area (Å²) in [6, 6.07) is 0. The Labute approximate surface area is 95.5 Å². The average molecular weight is 233 g/mol. The second kappa shape index (κ2) is 2.80. The minimum Gasteiger partial charge on any atom is -0.443 e. The quantitative estimate of drug-likeness (QED) is 0.511. The first-order valence-corrected chi connectivity index (χ1v) is 5.26. The van der Waals surface area contributed by atoms with Gasteiger partial charge in [-0.1, -0.05) is 13.8 Å². The molecule has 2 saturated carbocycles. The van der Waals surface area contributed by atoms with Crippen molar-refractivity contribution in [3.8, 4) is 0 Å². The van der Waals surface area contributed by atoms with Crippen LogP contribution in [0.4, 0.5) is 4.79 Å². The Morgan fingerprint density at radius 2 is 2.20 bits per heavy atom. The zero-order chi connectivity index (χ0) is 10.1. The summed E-state index contributed by atoms with van der Waals surface area (Å²) in [6.07, 6.45) is 2.86. The van der Waals surface area contributed by atoms with Crippen molar-refractivity contribution in [2.75, 3.05) is 0 Å². The fraction of sp³-hybridized carbons (Fsp3) is 0.900. The Hall–Kier alpha value is -0.480. The number of carbonyl (C=O) groups excluding carboxylic acids is 1. The highest BCUT2D eigenvalue weighted by molar-refractivity contribution is 5.85. The van der Waals surface area contributed by atoms with E-state index in [0.29, 0.717) is 5.92 Å². The Morgan fingerprint density at radius 1 is 1.53 bits per heavy atom. The highest BCUT2D eigenvalue weighted by Crippen LogP contribution is 2.64. The van der Waals surface area contributed by atoms with Gasteiger partial charge >= 0.3 is 6.09 Å². The van der Waals surface area contributed by atoms with E-state index in [-0.39, 0.29) is 35.6 Å². The Kier molecular flexibility index (Phi) is 2.06. The molecule has 3 rings (SSSR count). The lowest BCUT2D eigenvalue weighted by Gasteiger charge is -2.39. The molecule has 0 aromatic heterocycles. The summed E-state index contributed by atoms with van der Waals surface area (Å²) in [5, 5.41) is 1.37. The predicted molar refractivity (Wildman–Crippen MR) is 57.4 cm³/mol. The summed E-state index contributed by atoms with van der Waals surface area (Å²) in [6.45, 7) is 4.43. The van der Waals surface area contributed by atoms with Crippen molar-refractivity contribution in [3.05, 3.63) is 0 Å². The highest BCUT2D eigenvalue weighted by Gasteiger charge is 2.72. The molecule has 1 saturated heterocycles. The third-order valence-corrected chi connectivity index (χ3v) is 4.91. The summed E-state index contributed by atoms with van der Waals surface area (Å²) in [5.74, 6) is 6.53. The molecule has 1 aliphatic heterocycles. The molecule has 1 unspecified atom stereocenters. The third kappa shape index (κ3) is 0.905. The maximum atomic E-state index is 11.4. The number of nitrogens with zero attached hydrogens (tertiary/aromatic N) is 1. The van der Waals surface area contributed by atoms with E-state index in [0.717, 1.165) is 12.8 Å². The number of ether oxygens (including phenoxy) is 1. The van der Waals surface area contributed by atoms with Gasteiger partial charge in [-0.15, -0.1) is 12.4 Å². The smallest absolute Gasteiger partial charge is 0.425 e. The van der Waals surface area contributed by atoms with Gasteiger partial charge in [0.1, 0.15) is 11.6 Å². The first-order chi connectivity index (χ1) is 6.50. The maximum Gasteiger partial charge on any atom is 0.425 e. The number of rotatable bonds is 0. The average Bonchev–Trinajstić information content (AvgIpc) is 2.60. The zero-order valence-electron chi connectivity index (χ0n) is 9.03. The number of nitrogens with two attached hydrogens (primary N) is 1. The molecular weight excluding hydrogens is 216 g/mol. The fourth-order valence-electron chi connectivity index (χ4n) is 3.95. The second-order valence-corrected chi connectivity index (χ2v) is 5.36. The molecule has 1 amide bonds. The van der Waals surface area contributed by atoms with Crippen molar-refractivity contribution in [1.82, 2.24) is 5.01 Å². The van der Waals surface area contributed by atoms with Gasteiger partial charge in [0.05, 0.1) is 0 Å². The van der Waals surface area contributed by atoms with Crippen LogP contribution in [0.15, 0.2) is 0 Å². The lowest BCUT2D eigenvalue weighted by molar-refractivity contribution is 0.0554. The van der Waals surface area contributed by atoms with Crippen LogP contribution < -0.4 is 5.84 Å². The van der Waals surface area contributed by atoms with Gasteiger partial charge in [-0.25, -0.2) is 15.6 Å². The molecule has 1 heterocycles. The van der Waals surface area contributed by atoms with E-state index in [4.69, 9.17) is 10.6 Å². The number of hydrogen-bond donors (Lipinski definition) is 1. The van der Waals surface area contributed by atoms with Gasteiger partial charge in [0.15, 0.2) is 0 Å². The molecule has 1 spiro atoms. The molecule has 2 bridgehead atoms. The number of fused-ring (bicyclic) bond motifs is 1. The number of halogens is 1. The van der Waals surface area contributed by atoms with Crippen LogP contribution in [0.1, 0.15) is 33.1 Å². The number of hydrazine groups is 1. The van der Waals surface area contributed by atoms with Gasteiger partial charge in [0.2, 0.25) is 0 Å². The molecule has 3 aliphatic rings. The first-order valence-electron chi connectivity index (χ1n) is 5.26. The number of carbonyl (C=O) groups is 1. The van der Waals surface area contributed by atoms with Crippen molar-refractivity contribution in [2.24, 2.45) is 17.2 Å². The minimum atomic E-state index is -0.344. The minimum absolute atomic E-state index is 0. The molecule has 4 nitrogen and oxygen atoms in total. The van der Waals surface area contributed by atoms with Crippen LogP contribution in [0.3, 0.4) is 0 Å². The standard InChI is InChI=1S/C10H16N2O2.ClH/c1-9(2)6-3-4-10(9)7(5-6)14-8(13)12(10)11;/h6-7H,3-5,11H2,1-2H3;1H/t6-,7-,10?;/m1./s1. The van der Waals surface area contributed by atoms with Crippen molar-refractivity contribution in [1.29, 1.82) is 0 Å². The second-order valence-electron chi connectivity index (χ2n) is 5.36. The largest absolute Gasteiger partial charge is 0.443 e. The van der Waals surface area contributed by atoms with E-state index >= 15 is 0 Å². The molecule has 0 aromatic rings. The van der Waals surface area contributed by atoms with E-state index in [1.165, 1.54) is 11.4 Å². The molecule has 86 valence electrons. The van der Waals surface area contributed by atoms with Crippen molar-refractivity contribution >= 4 is 18.5 Å². The molecule has 3 atom stereocenters. The van der Waals surface area contributed by atoms with Gasteiger partial charge < -0.3 is 4.74 Å². The SMILES string of the molecule is CC1(C)[C@@H]2CCC13[C@@H](C2)OC(=O)N3N.Cl. The normalized spacial score (nSPS) is 45.0. The molecule has 15 heavy (non-hydrogen) atoms. The van der Waals surface area contributed by atoms with Gasteiger partial charge in [-0.05, 0) is 30.6 Å². The number of amides is 1. The van der Waals surface area contributed by atoms with Gasteiger partial charge in [-0.2, -0.15) is 0 Å². The van der Waals surface area contributed by atoms with Crippen molar-refractivity contribution in [3.63, 3.8) is 0 Å². The van der Waals surface area contributed by atoms with Gasteiger partial charge in [0.25, 0.3) is 0 Å². The Morgan fingerprint density at radius 3 is 2.73 bits per heavy atom. The lowest BCUT2D eigenvalue weighted by atomic mass is 9.75. The monoisotopic (exact) mass is 232 g/mol. The van der Waals surface area contributed by atoms with Crippen molar-refractivity contribution in [2.45, 2.75) is 44.8 Å².